The number of ether oxygens (including phenoxy) is 4. The van der Waals surface area contributed by atoms with E-state index in [-0.39, 0.29) is 24.8 Å². The fourth-order valence-corrected chi connectivity index (χ4v) is 4.36. The first-order valence-electron chi connectivity index (χ1n) is 10.1. The summed E-state index contributed by atoms with van der Waals surface area (Å²) in [4.78, 5) is 12.7. The van der Waals surface area contributed by atoms with E-state index >= 15 is 0 Å². The average Bonchev–Trinajstić information content (AvgIpc) is 3.40. The van der Waals surface area contributed by atoms with Gasteiger partial charge in [-0.2, -0.15) is 0 Å². The first kappa shape index (κ1) is 22.1. The van der Waals surface area contributed by atoms with Crippen LogP contribution in [0.25, 0.3) is 11.2 Å². The Hall–Kier alpha value is -3.15. The van der Waals surface area contributed by atoms with Crippen molar-refractivity contribution in [1.29, 1.82) is 0 Å². The third-order valence-corrected chi connectivity index (χ3v) is 6.10. The molecule has 0 bridgehead atoms. The lowest BCUT2D eigenvalue weighted by atomic mass is 9.86. The number of methoxy groups -OCH3 is 3. The van der Waals surface area contributed by atoms with E-state index < -0.39 is 17.9 Å². The fourth-order valence-electron chi connectivity index (χ4n) is 4.36. The lowest BCUT2D eigenvalue weighted by Gasteiger charge is -2.37. The lowest BCUT2D eigenvalue weighted by Crippen LogP contribution is -2.39. The number of fused-ring (bicyclic) bond motifs is 1. The Kier molecular flexibility index (Phi) is 5.80. The molecule has 1 aliphatic heterocycles. The summed E-state index contributed by atoms with van der Waals surface area (Å²) in [6.45, 7) is 1.61. The van der Waals surface area contributed by atoms with Gasteiger partial charge in [0.25, 0.3) is 0 Å². The van der Waals surface area contributed by atoms with E-state index in [0.717, 1.165) is 5.56 Å². The number of aliphatic hydroxyl groups is 2. The minimum absolute atomic E-state index is 0.186. The van der Waals surface area contributed by atoms with Gasteiger partial charge in [-0.05, 0) is 17.7 Å². The van der Waals surface area contributed by atoms with Crippen LogP contribution in [0.5, 0.6) is 17.2 Å². The van der Waals surface area contributed by atoms with Gasteiger partial charge in [0.2, 0.25) is 5.75 Å². The number of anilines is 1. The van der Waals surface area contributed by atoms with E-state index in [9.17, 15) is 10.2 Å². The molecular formula is C21H27N5O6. The predicted octanol–water partition coefficient (Wildman–Crippen LogP) is 1.03. The molecule has 11 nitrogen and oxygen atoms in total. The molecule has 1 unspecified atom stereocenters. The zero-order chi connectivity index (χ0) is 23.0. The van der Waals surface area contributed by atoms with Crippen LogP contribution in [0.15, 0.2) is 24.8 Å². The molecule has 1 saturated heterocycles. The van der Waals surface area contributed by atoms with Crippen molar-refractivity contribution < 1.29 is 29.2 Å². The summed E-state index contributed by atoms with van der Waals surface area (Å²) >= 11 is 0. The number of nitrogens with zero attached hydrogens (tertiary/aromatic N) is 4. The van der Waals surface area contributed by atoms with Gasteiger partial charge in [0.05, 0.1) is 40.4 Å². The molecule has 0 radical (unpaired) electrons. The van der Waals surface area contributed by atoms with Crippen LogP contribution in [0.1, 0.15) is 24.8 Å². The first-order valence-corrected chi connectivity index (χ1v) is 10.1. The molecule has 0 amide bonds. The number of nitrogens with two attached hydrogens (primary N) is 1. The SMILES string of the molecule is COc1cc(C(C)[C@]2(n3cnc4c(N)ncnc43)C[C@H](O)[C@@H](CO)O2)cc(OC)c1OC. The van der Waals surface area contributed by atoms with Crippen LogP contribution < -0.4 is 19.9 Å². The van der Waals surface area contributed by atoms with Crippen LogP contribution in [0.2, 0.25) is 0 Å². The molecule has 0 saturated carbocycles. The normalized spacial score (nSPS) is 23.9. The van der Waals surface area contributed by atoms with Crippen LogP contribution >= 0.6 is 0 Å². The molecule has 1 fully saturated rings. The Morgan fingerprint density at radius 3 is 2.44 bits per heavy atom. The summed E-state index contributed by atoms with van der Waals surface area (Å²) in [5.74, 6) is 1.32. The van der Waals surface area contributed by atoms with Gasteiger partial charge < -0.3 is 34.9 Å². The molecule has 1 aliphatic rings. The molecule has 0 aliphatic carbocycles. The number of aromatic nitrogens is 4. The highest BCUT2D eigenvalue weighted by Crippen LogP contribution is 2.49. The zero-order valence-electron chi connectivity index (χ0n) is 18.3. The number of aliphatic hydroxyl groups excluding tert-OH is 2. The molecule has 32 heavy (non-hydrogen) atoms. The van der Waals surface area contributed by atoms with Crippen molar-refractivity contribution in [1.82, 2.24) is 19.5 Å². The summed E-state index contributed by atoms with van der Waals surface area (Å²) in [6, 6.07) is 3.66. The topological polar surface area (TPSA) is 147 Å². The predicted molar refractivity (Wildman–Crippen MR) is 115 cm³/mol. The van der Waals surface area contributed by atoms with Crippen molar-refractivity contribution in [3.8, 4) is 17.2 Å². The average molecular weight is 445 g/mol. The van der Waals surface area contributed by atoms with E-state index in [2.05, 4.69) is 15.0 Å². The van der Waals surface area contributed by atoms with Gasteiger partial charge in [-0.1, -0.05) is 6.92 Å². The number of nitrogen functional groups attached to an aromatic ring is 1. The second-order valence-electron chi connectivity index (χ2n) is 7.68. The summed E-state index contributed by atoms with van der Waals surface area (Å²) in [6.07, 6.45) is 1.42. The number of rotatable bonds is 7. The standard InChI is InChI=1S/C21H27N5O6/c1-11(12-5-14(29-2)18(31-4)15(6-12)30-3)21(7-13(28)16(8-27)32-21)26-10-25-17-19(22)23-9-24-20(17)26/h5-6,9-11,13,16,27-28H,7-8H2,1-4H3,(H2,22,23,24)/t11?,13-,16+,21-/m0/s1. The molecule has 0 spiro atoms. The molecule has 2 aromatic heterocycles. The maximum Gasteiger partial charge on any atom is 0.203 e. The maximum absolute atomic E-state index is 10.7. The smallest absolute Gasteiger partial charge is 0.203 e. The van der Waals surface area contributed by atoms with Crippen molar-refractivity contribution >= 4 is 17.0 Å². The Bertz CT molecular complexity index is 1100. The van der Waals surface area contributed by atoms with Crippen molar-refractivity contribution in [2.24, 2.45) is 0 Å². The molecule has 11 heteroatoms. The number of benzene rings is 1. The Morgan fingerprint density at radius 2 is 1.88 bits per heavy atom. The van der Waals surface area contributed by atoms with Crippen molar-refractivity contribution in [3.63, 3.8) is 0 Å². The van der Waals surface area contributed by atoms with Crippen LogP contribution in [0.4, 0.5) is 5.82 Å². The minimum atomic E-state index is -1.13. The quantitative estimate of drug-likeness (QED) is 0.482. The fraction of sp³-hybridized carbons (Fsp3) is 0.476. The van der Waals surface area contributed by atoms with Crippen molar-refractivity contribution in [2.45, 2.75) is 37.2 Å². The summed E-state index contributed by atoms with van der Waals surface area (Å²) in [5, 5.41) is 20.5. The van der Waals surface area contributed by atoms with E-state index in [0.29, 0.717) is 28.4 Å². The van der Waals surface area contributed by atoms with Crippen LogP contribution in [0, 0.1) is 0 Å². The third kappa shape index (κ3) is 3.29. The Morgan fingerprint density at radius 1 is 1.19 bits per heavy atom. The summed E-state index contributed by atoms with van der Waals surface area (Å²) < 4.78 is 24.5. The van der Waals surface area contributed by atoms with Gasteiger partial charge in [0, 0.05) is 12.3 Å². The van der Waals surface area contributed by atoms with Crippen LogP contribution in [-0.2, 0) is 10.5 Å². The van der Waals surface area contributed by atoms with Crippen molar-refractivity contribution in [2.75, 3.05) is 33.7 Å². The molecule has 1 aromatic carbocycles. The molecule has 172 valence electrons. The van der Waals surface area contributed by atoms with Gasteiger partial charge in [-0.25, -0.2) is 15.0 Å². The van der Waals surface area contributed by atoms with Gasteiger partial charge in [0.1, 0.15) is 17.9 Å². The molecule has 4 atom stereocenters. The monoisotopic (exact) mass is 445 g/mol. The van der Waals surface area contributed by atoms with Gasteiger partial charge in [-0.3, -0.25) is 4.57 Å². The summed E-state index contributed by atoms with van der Waals surface area (Å²) in [7, 11) is 4.62. The summed E-state index contributed by atoms with van der Waals surface area (Å²) in [5.41, 5.74) is 6.54. The molecule has 4 N–H and O–H groups in total. The van der Waals surface area contributed by atoms with Crippen LogP contribution in [-0.4, -0.2) is 69.9 Å². The molecule has 3 heterocycles. The largest absolute Gasteiger partial charge is 0.493 e. The zero-order valence-corrected chi connectivity index (χ0v) is 18.3. The van der Waals surface area contributed by atoms with E-state index in [1.165, 1.54) is 13.4 Å². The maximum atomic E-state index is 10.7. The number of hydrogen-bond acceptors (Lipinski definition) is 10. The Balaban J connectivity index is 1.91. The van der Waals surface area contributed by atoms with Gasteiger partial charge in [-0.15, -0.1) is 0 Å². The van der Waals surface area contributed by atoms with Crippen LogP contribution in [0.3, 0.4) is 0 Å². The van der Waals surface area contributed by atoms with E-state index in [4.69, 9.17) is 24.7 Å². The second kappa shape index (κ2) is 8.41. The van der Waals surface area contributed by atoms with Gasteiger partial charge in [0.15, 0.2) is 28.7 Å². The molecular weight excluding hydrogens is 418 g/mol. The highest BCUT2D eigenvalue weighted by molar-refractivity contribution is 5.81. The highest BCUT2D eigenvalue weighted by atomic mass is 16.6. The number of imidazole rings is 1. The van der Waals surface area contributed by atoms with Gasteiger partial charge >= 0.3 is 0 Å². The first-order chi connectivity index (χ1) is 15.4. The second-order valence-corrected chi connectivity index (χ2v) is 7.68. The van der Waals surface area contributed by atoms with E-state index in [1.54, 1.807) is 25.1 Å². The van der Waals surface area contributed by atoms with Crippen molar-refractivity contribution in [3.05, 3.63) is 30.4 Å². The minimum Gasteiger partial charge on any atom is -0.493 e. The lowest BCUT2D eigenvalue weighted by molar-refractivity contribution is -0.128. The molecule has 4 rings (SSSR count). The third-order valence-electron chi connectivity index (χ3n) is 6.10. The molecule has 3 aromatic rings. The number of hydrogen-bond donors (Lipinski definition) is 3. The van der Waals surface area contributed by atoms with E-state index in [1.807, 2.05) is 19.1 Å². The highest BCUT2D eigenvalue weighted by Gasteiger charge is 2.52. The Labute approximate surface area is 184 Å².